The zero-order valence-corrected chi connectivity index (χ0v) is 13.1. The van der Waals surface area contributed by atoms with Crippen LogP contribution in [-0.4, -0.2) is 25.9 Å². The van der Waals surface area contributed by atoms with Crippen LogP contribution in [0.25, 0.3) is 0 Å². The van der Waals surface area contributed by atoms with Gasteiger partial charge < -0.3 is 14.8 Å². The maximum absolute atomic E-state index is 5.84. The largest absolute Gasteiger partial charge is 0.491 e. The molecule has 1 aliphatic heterocycles. The van der Waals surface area contributed by atoms with Crippen molar-refractivity contribution in [3.63, 3.8) is 0 Å². The van der Waals surface area contributed by atoms with Crippen LogP contribution in [0.15, 0.2) is 24.3 Å². The summed E-state index contributed by atoms with van der Waals surface area (Å²) in [5.74, 6) is 1.49. The third-order valence-electron chi connectivity index (χ3n) is 3.99. The van der Waals surface area contributed by atoms with Crippen molar-refractivity contribution in [2.75, 3.05) is 13.7 Å². The average molecular weight is 277 g/mol. The molecule has 0 spiro atoms. The van der Waals surface area contributed by atoms with Crippen LogP contribution in [0.4, 0.5) is 0 Å². The number of ether oxygens (including phenoxy) is 2. The van der Waals surface area contributed by atoms with E-state index in [0.717, 1.165) is 25.2 Å². The van der Waals surface area contributed by atoms with Gasteiger partial charge in [0.05, 0.1) is 12.2 Å². The molecule has 0 radical (unpaired) electrons. The van der Waals surface area contributed by atoms with Crippen molar-refractivity contribution in [3.8, 4) is 5.75 Å². The monoisotopic (exact) mass is 277 g/mol. The summed E-state index contributed by atoms with van der Waals surface area (Å²) in [5, 5.41) is 3.47. The first kappa shape index (κ1) is 15.3. The molecule has 3 unspecified atom stereocenters. The molecule has 0 bridgehead atoms. The lowest BCUT2D eigenvalue weighted by Gasteiger charge is -2.27. The molecular weight excluding hydrogens is 250 g/mol. The minimum Gasteiger partial charge on any atom is -0.491 e. The van der Waals surface area contributed by atoms with Crippen molar-refractivity contribution in [1.29, 1.82) is 0 Å². The number of rotatable bonds is 6. The summed E-state index contributed by atoms with van der Waals surface area (Å²) in [5.41, 5.74) is 1.29. The zero-order valence-electron chi connectivity index (χ0n) is 13.1. The van der Waals surface area contributed by atoms with Crippen LogP contribution in [-0.2, 0) is 4.74 Å². The van der Waals surface area contributed by atoms with Crippen LogP contribution in [0.1, 0.15) is 45.2 Å². The molecule has 3 heteroatoms. The summed E-state index contributed by atoms with van der Waals surface area (Å²) in [6, 6.07) is 8.77. The Bertz CT molecular complexity index is 419. The Morgan fingerprint density at radius 2 is 2.20 bits per heavy atom. The van der Waals surface area contributed by atoms with E-state index < -0.39 is 0 Å². The first-order valence-corrected chi connectivity index (χ1v) is 7.71. The predicted octanol–water partition coefficient (Wildman–Crippen LogP) is 3.55. The number of hydrogen-bond donors (Lipinski definition) is 1. The molecule has 1 aromatic carbocycles. The van der Waals surface area contributed by atoms with Crippen molar-refractivity contribution >= 4 is 0 Å². The third kappa shape index (κ3) is 3.53. The van der Waals surface area contributed by atoms with E-state index in [2.05, 4.69) is 44.3 Å². The quantitative estimate of drug-likeness (QED) is 0.862. The molecule has 1 aromatic rings. The Kier molecular flexibility index (Phi) is 5.44. The lowest BCUT2D eigenvalue weighted by molar-refractivity contribution is 0.0782. The number of hydrogen-bond acceptors (Lipinski definition) is 3. The lowest BCUT2D eigenvalue weighted by Crippen LogP contribution is -2.30. The molecular formula is C17H27NO2. The summed E-state index contributed by atoms with van der Waals surface area (Å²) in [4.78, 5) is 0. The van der Waals surface area contributed by atoms with Gasteiger partial charge in [-0.15, -0.1) is 0 Å². The lowest BCUT2D eigenvalue weighted by atomic mass is 9.87. The Balaban J connectivity index is 2.18. The van der Waals surface area contributed by atoms with Gasteiger partial charge in [-0.05, 0) is 51.4 Å². The molecule has 1 N–H and O–H groups in total. The van der Waals surface area contributed by atoms with E-state index in [0.29, 0.717) is 18.1 Å². The molecule has 2 rings (SSSR count). The van der Waals surface area contributed by atoms with Gasteiger partial charge in [0.15, 0.2) is 0 Å². The SMILES string of the molecule is CCC1OCCC1C(NC)c1cccc(OC(C)C)c1. The van der Waals surface area contributed by atoms with Crippen molar-refractivity contribution in [1.82, 2.24) is 5.32 Å². The average Bonchev–Trinajstić information content (AvgIpc) is 2.87. The second-order valence-electron chi connectivity index (χ2n) is 5.78. The summed E-state index contributed by atoms with van der Waals surface area (Å²) < 4.78 is 11.6. The molecule has 1 fully saturated rings. The van der Waals surface area contributed by atoms with Gasteiger partial charge in [0.2, 0.25) is 0 Å². The molecule has 20 heavy (non-hydrogen) atoms. The predicted molar refractivity (Wildman–Crippen MR) is 82.1 cm³/mol. The summed E-state index contributed by atoms with van der Waals surface area (Å²) in [6.07, 6.45) is 2.77. The number of benzene rings is 1. The highest BCUT2D eigenvalue weighted by molar-refractivity contribution is 5.31. The molecule has 1 saturated heterocycles. The zero-order chi connectivity index (χ0) is 14.5. The van der Waals surface area contributed by atoms with Gasteiger partial charge in [0.1, 0.15) is 5.75 Å². The van der Waals surface area contributed by atoms with Gasteiger partial charge in [0.25, 0.3) is 0 Å². The molecule has 0 amide bonds. The van der Waals surface area contributed by atoms with Gasteiger partial charge in [-0.1, -0.05) is 19.1 Å². The molecule has 112 valence electrons. The Morgan fingerprint density at radius 3 is 2.85 bits per heavy atom. The van der Waals surface area contributed by atoms with Crippen molar-refractivity contribution < 1.29 is 9.47 Å². The first-order chi connectivity index (χ1) is 9.65. The van der Waals surface area contributed by atoms with Gasteiger partial charge in [-0.25, -0.2) is 0 Å². The first-order valence-electron chi connectivity index (χ1n) is 7.71. The molecule has 1 aliphatic rings. The molecule has 3 nitrogen and oxygen atoms in total. The van der Waals surface area contributed by atoms with Crippen molar-refractivity contribution in [3.05, 3.63) is 29.8 Å². The fourth-order valence-corrected chi connectivity index (χ4v) is 3.15. The molecule has 0 aromatic heterocycles. The summed E-state index contributed by atoms with van der Waals surface area (Å²) >= 11 is 0. The highest BCUT2D eigenvalue weighted by Gasteiger charge is 2.33. The van der Waals surface area contributed by atoms with Gasteiger partial charge in [-0.2, -0.15) is 0 Å². The van der Waals surface area contributed by atoms with Crippen molar-refractivity contribution in [2.45, 2.75) is 51.9 Å². The van der Waals surface area contributed by atoms with Crippen LogP contribution < -0.4 is 10.1 Å². The van der Waals surface area contributed by atoms with Crippen LogP contribution in [0.5, 0.6) is 5.75 Å². The number of nitrogens with one attached hydrogen (secondary N) is 1. The van der Waals surface area contributed by atoms with Gasteiger partial charge in [-0.3, -0.25) is 0 Å². The van der Waals surface area contributed by atoms with E-state index in [1.54, 1.807) is 0 Å². The Morgan fingerprint density at radius 1 is 1.40 bits per heavy atom. The second-order valence-corrected chi connectivity index (χ2v) is 5.78. The van der Waals surface area contributed by atoms with Gasteiger partial charge >= 0.3 is 0 Å². The minimum absolute atomic E-state index is 0.205. The maximum Gasteiger partial charge on any atom is 0.120 e. The standard InChI is InChI=1S/C17H27NO2/c1-5-16-15(9-10-19-16)17(18-4)13-7-6-8-14(11-13)20-12(2)3/h6-8,11-12,15-18H,5,9-10H2,1-4H3. The van der Waals surface area contributed by atoms with Gasteiger partial charge in [0, 0.05) is 18.6 Å². The normalized spacial score (nSPS) is 24.1. The van der Waals surface area contributed by atoms with Crippen molar-refractivity contribution in [2.24, 2.45) is 5.92 Å². The smallest absolute Gasteiger partial charge is 0.120 e. The molecule has 1 heterocycles. The van der Waals surface area contributed by atoms with E-state index in [-0.39, 0.29) is 6.10 Å². The Labute approximate surface area is 122 Å². The third-order valence-corrected chi connectivity index (χ3v) is 3.99. The fourth-order valence-electron chi connectivity index (χ4n) is 3.15. The van der Waals surface area contributed by atoms with E-state index in [4.69, 9.17) is 9.47 Å². The minimum atomic E-state index is 0.205. The Hall–Kier alpha value is -1.06. The molecule has 0 aliphatic carbocycles. The van der Waals surface area contributed by atoms with E-state index in [1.165, 1.54) is 5.56 Å². The van der Waals surface area contributed by atoms with Crippen LogP contribution in [0, 0.1) is 5.92 Å². The van der Waals surface area contributed by atoms with Crippen LogP contribution in [0.3, 0.4) is 0 Å². The topological polar surface area (TPSA) is 30.5 Å². The molecule has 0 saturated carbocycles. The van der Waals surface area contributed by atoms with Crippen LogP contribution >= 0.6 is 0 Å². The molecule has 3 atom stereocenters. The van der Waals surface area contributed by atoms with E-state index in [1.807, 2.05) is 13.1 Å². The van der Waals surface area contributed by atoms with Crippen LogP contribution in [0.2, 0.25) is 0 Å². The second kappa shape index (κ2) is 7.09. The highest BCUT2D eigenvalue weighted by Crippen LogP contribution is 2.35. The maximum atomic E-state index is 5.84. The summed E-state index contributed by atoms with van der Waals surface area (Å²) in [7, 11) is 2.03. The highest BCUT2D eigenvalue weighted by atomic mass is 16.5. The van der Waals surface area contributed by atoms with E-state index >= 15 is 0 Å². The van der Waals surface area contributed by atoms with E-state index in [9.17, 15) is 0 Å². The summed E-state index contributed by atoms with van der Waals surface area (Å²) in [6.45, 7) is 7.19. The fraction of sp³-hybridized carbons (Fsp3) is 0.647.